The van der Waals surface area contributed by atoms with Gasteiger partial charge in [-0.05, 0) is 35.9 Å². The van der Waals surface area contributed by atoms with Gasteiger partial charge in [0.1, 0.15) is 16.6 Å². The molecule has 8 nitrogen and oxygen atoms in total. The highest BCUT2D eigenvalue weighted by Gasteiger charge is 2.40. The molecule has 4 aromatic rings. The lowest BCUT2D eigenvalue weighted by atomic mass is 9.92. The van der Waals surface area contributed by atoms with E-state index in [4.69, 9.17) is 19.3 Å². The second-order valence-corrected chi connectivity index (χ2v) is 8.36. The molecule has 0 aliphatic carbocycles. The maximum Gasteiger partial charge on any atom is 0.362 e. The van der Waals surface area contributed by atoms with Gasteiger partial charge in [0.2, 0.25) is 11.4 Å². The summed E-state index contributed by atoms with van der Waals surface area (Å²) in [5.74, 6) is -0.962. The van der Waals surface area contributed by atoms with E-state index in [2.05, 4.69) is 4.98 Å². The summed E-state index contributed by atoms with van der Waals surface area (Å²) in [6.45, 7) is 1.89. The minimum absolute atomic E-state index is 0.0586. The number of carbonyl (C=O) groups is 1. The minimum atomic E-state index is -0.625. The average Bonchev–Trinajstić information content (AvgIpc) is 3.49. The molecule has 0 fully saturated rings. The van der Waals surface area contributed by atoms with E-state index in [1.165, 1.54) is 27.2 Å². The van der Waals surface area contributed by atoms with Crippen LogP contribution in [-0.2, 0) is 9.53 Å². The van der Waals surface area contributed by atoms with E-state index in [-0.39, 0.29) is 35.0 Å². The summed E-state index contributed by atoms with van der Waals surface area (Å²) in [7, 11) is 0. The van der Waals surface area contributed by atoms with Crippen molar-refractivity contribution in [1.82, 2.24) is 9.55 Å². The molecule has 0 aromatic carbocycles. The zero-order chi connectivity index (χ0) is 20.8. The van der Waals surface area contributed by atoms with Crippen molar-refractivity contribution in [2.24, 2.45) is 0 Å². The Hall–Kier alpha value is -3.37. The summed E-state index contributed by atoms with van der Waals surface area (Å²) in [5.41, 5.74) is 5.94. The van der Waals surface area contributed by atoms with Gasteiger partial charge in [-0.2, -0.15) is 4.98 Å². The van der Waals surface area contributed by atoms with Gasteiger partial charge in [0.15, 0.2) is 0 Å². The molecule has 152 valence electrons. The van der Waals surface area contributed by atoms with Gasteiger partial charge in [-0.25, -0.2) is 14.2 Å². The third-order valence-corrected chi connectivity index (χ3v) is 6.39. The summed E-state index contributed by atoms with van der Waals surface area (Å²) < 4.78 is 18.0. The van der Waals surface area contributed by atoms with Crippen molar-refractivity contribution < 1.29 is 18.4 Å². The number of hydrogen-bond donors (Lipinski definition) is 1. The Kier molecular flexibility index (Phi) is 4.44. The van der Waals surface area contributed by atoms with Crippen LogP contribution in [-0.4, -0.2) is 22.1 Å². The fourth-order valence-corrected chi connectivity index (χ4v) is 4.98. The summed E-state index contributed by atoms with van der Waals surface area (Å²) in [6.07, 6.45) is 1.68. The molecule has 0 unspecified atom stereocenters. The third-order valence-electron chi connectivity index (χ3n) is 4.63. The summed E-state index contributed by atoms with van der Waals surface area (Å²) in [4.78, 5) is 31.8. The second kappa shape index (κ2) is 7.15. The van der Waals surface area contributed by atoms with Crippen molar-refractivity contribution in [2.75, 3.05) is 12.3 Å². The van der Waals surface area contributed by atoms with Crippen molar-refractivity contribution in [3.8, 4) is 5.88 Å². The molecule has 10 heteroatoms. The first-order valence-electron chi connectivity index (χ1n) is 9.07. The Morgan fingerprint density at radius 3 is 2.80 bits per heavy atom. The highest BCUT2D eigenvalue weighted by molar-refractivity contribution is 7.10. The number of aromatic nitrogens is 2. The lowest BCUT2D eigenvalue weighted by Gasteiger charge is -2.20. The molecule has 0 spiro atoms. The fourth-order valence-electron chi connectivity index (χ4n) is 3.49. The molecular formula is C20H15N3O5S2. The number of rotatable bonds is 4. The predicted octanol–water partition coefficient (Wildman–Crippen LogP) is 1.81. The third kappa shape index (κ3) is 2.84. The number of nitrogens with zero attached hydrogens (tertiary/aromatic N) is 2. The molecule has 5 rings (SSSR count). The molecule has 0 bridgehead atoms. The molecule has 30 heavy (non-hydrogen) atoms. The van der Waals surface area contributed by atoms with E-state index in [1.54, 1.807) is 13.0 Å². The van der Waals surface area contributed by atoms with Crippen molar-refractivity contribution in [2.45, 2.75) is 12.8 Å². The Morgan fingerprint density at radius 1 is 1.30 bits per heavy atom. The molecule has 4 aromatic heterocycles. The highest BCUT2D eigenvalue weighted by atomic mass is 32.1. The van der Waals surface area contributed by atoms with Crippen LogP contribution in [0, 0.1) is 0 Å². The lowest BCUT2D eigenvalue weighted by Crippen LogP contribution is -2.37. The molecule has 1 aliphatic rings. The van der Waals surface area contributed by atoms with E-state index >= 15 is 0 Å². The van der Waals surface area contributed by atoms with Crippen molar-refractivity contribution in [3.05, 3.63) is 71.8 Å². The van der Waals surface area contributed by atoms with Gasteiger partial charge in [0.25, 0.3) is 6.01 Å². The number of oxazole rings is 2. The van der Waals surface area contributed by atoms with Crippen LogP contribution in [0.5, 0.6) is 0 Å². The van der Waals surface area contributed by atoms with Gasteiger partial charge in [-0.3, -0.25) is 0 Å². The van der Waals surface area contributed by atoms with E-state index in [9.17, 15) is 9.59 Å². The van der Waals surface area contributed by atoms with Crippen LogP contribution in [0.2, 0.25) is 0 Å². The Morgan fingerprint density at radius 2 is 2.10 bits per heavy atom. The molecule has 0 saturated carbocycles. The number of nitrogen functional groups attached to an aromatic ring is 1. The summed E-state index contributed by atoms with van der Waals surface area (Å²) >= 11 is 2.91. The number of nitrogens with two attached hydrogens (primary N) is 1. The highest BCUT2D eigenvalue weighted by Crippen LogP contribution is 2.40. The van der Waals surface area contributed by atoms with Gasteiger partial charge < -0.3 is 19.3 Å². The number of carbonyl (C=O) groups excluding carboxylic acids is 1. The topological polar surface area (TPSA) is 113 Å². The maximum absolute atomic E-state index is 13.0. The Labute approximate surface area is 177 Å². The van der Waals surface area contributed by atoms with Crippen LogP contribution in [0.15, 0.2) is 48.7 Å². The van der Waals surface area contributed by atoms with Gasteiger partial charge in [0.05, 0.1) is 12.5 Å². The smallest absolute Gasteiger partial charge is 0.362 e. The van der Waals surface area contributed by atoms with E-state index in [0.29, 0.717) is 5.69 Å². The van der Waals surface area contributed by atoms with E-state index < -0.39 is 17.5 Å². The number of hydrogen-bond acceptors (Lipinski definition) is 9. The van der Waals surface area contributed by atoms with Gasteiger partial charge in [-0.15, -0.1) is 22.7 Å². The first kappa shape index (κ1) is 18.6. The zero-order valence-corrected chi connectivity index (χ0v) is 17.3. The quantitative estimate of drug-likeness (QED) is 0.481. The molecule has 1 aliphatic heterocycles. The molecule has 2 N–H and O–H groups in total. The number of fused-ring (bicyclic) bond motifs is 3. The van der Waals surface area contributed by atoms with Crippen LogP contribution in [0.4, 0.5) is 6.01 Å². The second-order valence-electron chi connectivity index (χ2n) is 6.40. The lowest BCUT2D eigenvalue weighted by molar-refractivity contribution is -0.136. The number of esters is 1. The monoisotopic (exact) mass is 441 g/mol. The SMILES string of the molecule is CCOC(=O)C1=c2oc(=O)/c(=C\c3cccs3)n2-c2oc(N)nc2[C@H]1c1cccs1. The number of anilines is 1. The largest absolute Gasteiger partial charge is 0.462 e. The van der Waals surface area contributed by atoms with Gasteiger partial charge >= 0.3 is 11.6 Å². The van der Waals surface area contributed by atoms with Crippen molar-refractivity contribution >= 4 is 46.3 Å². The Balaban J connectivity index is 1.93. The van der Waals surface area contributed by atoms with Crippen LogP contribution in [0.25, 0.3) is 17.5 Å². The number of thiophene rings is 2. The first-order chi connectivity index (χ1) is 14.6. The number of ether oxygens (including phenoxy) is 1. The summed E-state index contributed by atoms with van der Waals surface area (Å²) in [6, 6.07) is 7.41. The molecule has 0 radical (unpaired) electrons. The van der Waals surface area contributed by atoms with Crippen LogP contribution in [0.3, 0.4) is 0 Å². The minimum Gasteiger partial charge on any atom is -0.462 e. The van der Waals surface area contributed by atoms with E-state index in [1.807, 2.05) is 35.0 Å². The van der Waals surface area contributed by atoms with Gasteiger partial charge in [-0.1, -0.05) is 12.1 Å². The van der Waals surface area contributed by atoms with Crippen LogP contribution < -0.4 is 22.3 Å². The van der Waals surface area contributed by atoms with Crippen molar-refractivity contribution in [3.63, 3.8) is 0 Å². The van der Waals surface area contributed by atoms with Crippen LogP contribution in [0.1, 0.15) is 28.3 Å². The molecule has 1 atom stereocenters. The van der Waals surface area contributed by atoms with E-state index in [0.717, 1.165) is 9.75 Å². The molecule has 0 saturated heterocycles. The zero-order valence-electron chi connectivity index (χ0n) is 15.7. The first-order valence-corrected chi connectivity index (χ1v) is 10.8. The predicted molar refractivity (Wildman–Crippen MR) is 112 cm³/mol. The molecule has 0 amide bonds. The standard InChI is InChI=1S/C20H15N3O5S2/c1-2-26-19(25)14-13(12-6-4-8-30-12)15-17(28-20(21)22-15)23-11(18(24)27-16(14)23)9-10-5-3-7-29-10/h3-9,13H,2H2,1H3,(H2,21,22)/b11-9+/t13-/m0/s1. The summed E-state index contributed by atoms with van der Waals surface area (Å²) in [5, 5.41) is 3.99. The van der Waals surface area contributed by atoms with Gasteiger partial charge in [0, 0.05) is 9.75 Å². The van der Waals surface area contributed by atoms with Crippen molar-refractivity contribution in [1.29, 1.82) is 0 Å². The Bertz CT molecular complexity index is 1410. The molecular weight excluding hydrogens is 426 g/mol. The fraction of sp³-hybridized carbons (Fsp3) is 0.150. The average molecular weight is 441 g/mol. The normalized spacial score (nSPS) is 15.8. The maximum atomic E-state index is 13.0. The van der Waals surface area contributed by atoms with Crippen LogP contribution >= 0.6 is 22.7 Å². The molecule has 5 heterocycles.